The summed E-state index contributed by atoms with van der Waals surface area (Å²) in [5.74, 6) is -0.997. The molecule has 1 aliphatic carbocycles. The molecule has 0 bridgehead atoms. The van der Waals surface area contributed by atoms with Gasteiger partial charge in [-0.1, -0.05) is 12.8 Å². The summed E-state index contributed by atoms with van der Waals surface area (Å²) < 4.78 is 0. The van der Waals surface area contributed by atoms with Gasteiger partial charge in [0.05, 0.1) is 4.88 Å². The maximum atomic E-state index is 12.4. The summed E-state index contributed by atoms with van der Waals surface area (Å²) >= 11 is 1.06. The van der Waals surface area contributed by atoms with E-state index in [-0.39, 0.29) is 10.8 Å². The van der Waals surface area contributed by atoms with Crippen LogP contribution in [0, 0.1) is 0 Å². The average molecular weight is 308 g/mol. The van der Waals surface area contributed by atoms with Gasteiger partial charge in [-0.3, -0.25) is 9.69 Å². The molecule has 1 saturated heterocycles. The van der Waals surface area contributed by atoms with Crippen molar-refractivity contribution in [3.05, 3.63) is 21.9 Å². The van der Waals surface area contributed by atoms with Crippen LogP contribution in [0.1, 0.15) is 45.0 Å². The first-order valence-electron chi connectivity index (χ1n) is 7.51. The Morgan fingerprint density at radius 1 is 1.05 bits per heavy atom. The highest BCUT2D eigenvalue weighted by atomic mass is 32.1. The molecule has 114 valence electrons. The number of aromatic carboxylic acids is 1. The van der Waals surface area contributed by atoms with Gasteiger partial charge < -0.3 is 10.0 Å². The fraction of sp³-hybridized carbons (Fsp3) is 0.600. The normalized spacial score (nSPS) is 20.9. The van der Waals surface area contributed by atoms with Gasteiger partial charge in [-0.05, 0) is 25.0 Å². The molecular formula is C15H20N2O3S. The van der Waals surface area contributed by atoms with Crippen LogP contribution in [0.2, 0.25) is 0 Å². The molecule has 6 heteroatoms. The minimum atomic E-state index is -0.967. The van der Waals surface area contributed by atoms with Crippen LogP contribution in [0.25, 0.3) is 0 Å². The van der Waals surface area contributed by atoms with E-state index >= 15 is 0 Å². The summed E-state index contributed by atoms with van der Waals surface area (Å²) in [6.07, 6.45) is 5.25. The largest absolute Gasteiger partial charge is 0.477 e. The Morgan fingerprint density at radius 3 is 2.24 bits per heavy atom. The number of hydrogen-bond donors (Lipinski definition) is 1. The van der Waals surface area contributed by atoms with Crippen LogP contribution in [0.5, 0.6) is 0 Å². The Labute approximate surface area is 128 Å². The second-order valence-electron chi connectivity index (χ2n) is 5.74. The SMILES string of the molecule is O=C(O)c1ccc(C(=O)N2CCN(C3CCCC3)CC2)s1. The van der Waals surface area contributed by atoms with E-state index in [1.54, 1.807) is 6.07 Å². The number of carboxylic acid groups (broad SMARTS) is 1. The molecule has 2 heterocycles. The van der Waals surface area contributed by atoms with Crippen LogP contribution < -0.4 is 0 Å². The second-order valence-corrected chi connectivity index (χ2v) is 6.82. The quantitative estimate of drug-likeness (QED) is 0.929. The summed E-state index contributed by atoms with van der Waals surface area (Å²) in [5.41, 5.74) is 0. The van der Waals surface area contributed by atoms with E-state index in [9.17, 15) is 9.59 Å². The molecule has 1 saturated carbocycles. The molecular weight excluding hydrogens is 288 g/mol. The van der Waals surface area contributed by atoms with E-state index < -0.39 is 5.97 Å². The second kappa shape index (κ2) is 6.15. The van der Waals surface area contributed by atoms with Crippen molar-refractivity contribution >= 4 is 23.2 Å². The predicted octanol–water partition coefficient (Wildman–Crippen LogP) is 2.15. The van der Waals surface area contributed by atoms with Crippen LogP contribution >= 0.6 is 11.3 Å². The zero-order valence-electron chi connectivity index (χ0n) is 12.0. The lowest BCUT2D eigenvalue weighted by Gasteiger charge is -2.37. The third-order valence-electron chi connectivity index (χ3n) is 4.47. The Morgan fingerprint density at radius 2 is 1.67 bits per heavy atom. The monoisotopic (exact) mass is 308 g/mol. The molecule has 1 aromatic rings. The predicted molar refractivity (Wildman–Crippen MR) is 81.0 cm³/mol. The number of amides is 1. The van der Waals surface area contributed by atoms with E-state index in [2.05, 4.69) is 4.90 Å². The number of rotatable bonds is 3. The Balaban J connectivity index is 1.58. The van der Waals surface area contributed by atoms with Crippen molar-refractivity contribution in [3.8, 4) is 0 Å². The molecule has 5 nitrogen and oxygen atoms in total. The van der Waals surface area contributed by atoms with Crippen molar-refractivity contribution in [2.45, 2.75) is 31.7 Å². The lowest BCUT2D eigenvalue weighted by Crippen LogP contribution is -2.51. The molecule has 1 aromatic heterocycles. The number of nitrogens with zero attached hydrogens (tertiary/aromatic N) is 2. The summed E-state index contributed by atoms with van der Waals surface area (Å²) in [7, 11) is 0. The van der Waals surface area contributed by atoms with Crippen molar-refractivity contribution in [3.63, 3.8) is 0 Å². The molecule has 1 N–H and O–H groups in total. The fourth-order valence-electron chi connectivity index (χ4n) is 3.28. The van der Waals surface area contributed by atoms with Crippen molar-refractivity contribution < 1.29 is 14.7 Å². The molecule has 3 rings (SSSR count). The topological polar surface area (TPSA) is 60.9 Å². The molecule has 1 amide bonds. The molecule has 21 heavy (non-hydrogen) atoms. The molecule has 0 spiro atoms. The summed E-state index contributed by atoms with van der Waals surface area (Å²) in [4.78, 5) is 28.4. The third-order valence-corrected chi connectivity index (χ3v) is 5.53. The van der Waals surface area contributed by atoms with Crippen LogP contribution in [-0.2, 0) is 0 Å². The van der Waals surface area contributed by atoms with Gasteiger partial charge in [0.2, 0.25) is 0 Å². The van der Waals surface area contributed by atoms with Gasteiger partial charge in [0.25, 0.3) is 5.91 Å². The number of carbonyl (C=O) groups excluding carboxylic acids is 1. The molecule has 0 unspecified atom stereocenters. The van der Waals surface area contributed by atoms with Gasteiger partial charge in [0.15, 0.2) is 0 Å². The number of piperazine rings is 1. The molecule has 2 fully saturated rings. The Kier molecular flexibility index (Phi) is 4.26. The van der Waals surface area contributed by atoms with Crippen molar-refractivity contribution in [1.82, 2.24) is 9.80 Å². The third kappa shape index (κ3) is 3.11. The molecule has 0 aromatic carbocycles. The zero-order chi connectivity index (χ0) is 14.8. The smallest absolute Gasteiger partial charge is 0.345 e. The Bertz CT molecular complexity index is 529. The Hall–Kier alpha value is -1.40. The van der Waals surface area contributed by atoms with Crippen molar-refractivity contribution in [2.24, 2.45) is 0 Å². The highest BCUT2D eigenvalue weighted by Gasteiger charge is 2.28. The number of carboxylic acids is 1. The first-order chi connectivity index (χ1) is 10.1. The molecule has 0 atom stereocenters. The lowest BCUT2D eigenvalue weighted by molar-refractivity contribution is 0.0577. The van der Waals surface area contributed by atoms with E-state index in [1.807, 2.05) is 4.90 Å². The van der Waals surface area contributed by atoms with Crippen molar-refractivity contribution in [2.75, 3.05) is 26.2 Å². The highest BCUT2D eigenvalue weighted by Crippen LogP contribution is 2.25. The maximum Gasteiger partial charge on any atom is 0.345 e. The maximum absolute atomic E-state index is 12.4. The van der Waals surface area contributed by atoms with Crippen molar-refractivity contribution in [1.29, 1.82) is 0 Å². The van der Waals surface area contributed by atoms with Gasteiger partial charge in [-0.15, -0.1) is 11.3 Å². The van der Waals surface area contributed by atoms with E-state index in [1.165, 1.54) is 31.7 Å². The van der Waals surface area contributed by atoms with Gasteiger partial charge in [-0.25, -0.2) is 4.79 Å². The van der Waals surface area contributed by atoms with Crippen LogP contribution in [0.15, 0.2) is 12.1 Å². The minimum Gasteiger partial charge on any atom is -0.477 e. The average Bonchev–Trinajstić information content (AvgIpc) is 3.18. The van der Waals surface area contributed by atoms with Gasteiger partial charge >= 0.3 is 5.97 Å². The highest BCUT2D eigenvalue weighted by molar-refractivity contribution is 7.15. The van der Waals surface area contributed by atoms with E-state index in [0.29, 0.717) is 10.9 Å². The zero-order valence-corrected chi connectivity index (χ0v) is 12.8. The summed E-state index contributed by atoms with van der Waals surface area (Å²) in [5, 5.41) is 8.93. The molecule has 1 aliphatic heterocycles. The minimum absolute atomic E-state index is 0.0291. The summed E-state index contributed by atoms with van der Waals surface area (Å²) in [6.45, 7) is 3.37. The number of thiophene rings is 1. The standard InChI is InChI=1S/C15H20N2O3S/c18-14(12-5-6-13(21-12)15(19)20)17-9-7-16(8-10-17)11-3-1-2-4-11/h5-6,11H,1-4,7-10H2,(H,19,20). The molecule has 2 aliphatic rings. The van der Waals surface area contributed by atoms with Gasteiger partial charge in [0, 0.05) is 32.2 Å². The first kappa shape index (κ1) is 14.5. The molecule has 0 radical (unpaired) electrons. The lowest BCUT2D eigenvalue weighted by atomic mass is 10.2. The first-order valence-corrected chi connectivity index (χ1v) is 8.33. The summed E-state index contributed by atoms with van der Waals surface area (Å²) in [6, 6.07) is 3.84. The van der Waals surface area contributed by atoms with E-state index in [0.717, 1.165) is 37.5 Å². The number of carbonyl (C=O) groups is 2. The number of hydrogen-bond acceptors (Lipinski definition) is 4. The van der Waals surface area contributed by atoms with Gasteiger partial charge in [0.1, 0.15) is 4.88 Å². The van der Waals surface area contributed by atoms with Crippen LogP contribution in [-0.4, -0.2) is 59.0 Å². The van der Waals surface area contributed by atoms with Gasteiger partial charge in [-0.2, -0.15) is 0 Å². The van der Waals surface area contributed by atoms with Crippen LogP contribution in [0.4, 0.5) is 0 Å². The van der Waals surface area contributed by atoms with E-state index in [4.69, 9.17) is 5.11 Å². The fourth-order valence-corrected chi connectivity index (χ4v) is 4.10. The van der Waals surface area contributed by atoms with Crippen LogP contribution in [0.3, 0.4) is 0 Å².